The van der Waals surface area contributed by atoms with E-state index in [-0.39, 0.29) is 11.7 Å². The number of rotatable bonds is 4. The van der Waals surface area contributed by atoms with Crippen LogP contribution in [-0.2, 0) is 16.0 Å². The first-order chi connectivity index (χ1) is 9.93. The highest BCUT2D eigenvalue weighted by atomic mass is 35.5. The largest absolute Gasteiger partial charge is 0.508 e. The van der Waals surface area contributed by atoms with Gasteiger partial charge in [0.05, 0.1) is 12.1 Å². The van der Waals surface area contributed by atoms with Crippen LogP contribution >= 0.6 is 11.6 Å². The summed E-state index contributed by atoms with van der Waals surface area (Å²) >= 11 is 6.14. The second kappa shape index (κ2) is 6.22. The molecule has 1 aromatic heterocycles. The third-order valence-electron chi connectivity index (χ3n) is 3.57. The normalized spacial score (nSPS) is 12.2. The molecule has 0 bridgehead atoms. The molecule has 0 spiro atoms. The Hall–Kier alpha value is -1.94. The summed E-state index contributed by atoms with van der Waals surface area (Å²) in [6, 6.07) is 8.15. The number of ether oxygens (including phenoxy) is 1. The van der Waals surface area contributed by atoms with E-state index in [2.05, 4.69) is 0 Å². The summed E-state index contributed by atoms with van der Waals surface area (Å²) in [4.78, 5) is 12.2. The number of carbonyl (C=O) groups is 1. The number of benzene rings is 1. The lowest BCUT2D eigenvalue weighted by Crippen LogP contribution is -2.24. The predicted molar refractivity (Wildman–Crippen MR) is 81.8 cm³/mol. The molecular formula is C16H18ClNO3. The van der Waals surface area contributed by atoms with Gasteiger partial charge in [-0.05, 0) is 37.6 Å². The van der Waals surface area contributed by atoms with Crippen LogP contribution < -0.4 is 0 Å². The fraction of sp³-hybridized carbons (Fsp3) is 0.312. The molecule has 0 amide bonds. The summed E-state index contributed by atoms with van der Waals surface area (Å²) in [5, 5.41) is 9.97. The van der Waals surface area contributed by atoms with Crippen molar-refractivity contribution < 1.29 is 14.6 Å². The SMILES string of the molecule is COC(=O)[C@H](Cc1ccc(O)cc1)n1c(C)cc(Cl)c1C. The summed E-state index contributed by atoms with van der Waals surface area (Å²) < 4.78 is 6.82. The number of methoxy groups -OCH3 is 1. The molecule has 2 rings (SSSR count). The highest BCUT2D eigenvalue weighted by Gasteiger charge is 2.25. The van der Waals surface area contributed by atoms with Gasteiger partial charge in [0, 0.05) is 17.8 Å². The number of esters is 1. The van der Waals surface area contributed by atoms with Gasteiger partial charge in [-0.3, -0.25) is 0 Å². The number of hydrogen-bond donors (Lipinski definition) is 1. The number of aryl methyl sites for hydroxylation is 1. The van der Waals surface area contributed by atoms with E-state index >= 15 is 0 Å². The Balaban J connectivity index is 2.39. The molecule has 0 aliphatic carbocycles. The smallest absolute Gasteiger partial charge is 0.329 e. The van der Waals surface area contributed by atoms with Crippen molar-refractivity contribution in [1.82, 2.24) is 4.57 Å². The second-order valence-electron chi connectivity index (χ2n) is 5.00. The Morgan fingerprint density at radius 2 is 1.95 bits per heavy atom. The average molecular weight is 308 g/mol. The standard InChI is InChI=1S/C16H18ClNO3/c1-10-8-14(17)11(2)18(10)15(16(20)21-3)9-12-4-6-13(19)7-5-12/h4-8,15,19H,9H2,1-3H3/t15-/m0/s1. The monoisotopic (exact) mass is 307 g/mol. The number of halogens is 1. The van der Waals surface area contributed by atoms with E-state index in [9.17, 15) is 9.90 Å². The van der Waals surface area contributed by atoms with Gasteiger partial charge < -0.3 is 14.4 Å². The molecular weight excluding hydrogens is 290 g/mol. The maximum absolute atomic E-state index is 12.2. The quantitative estimate of drug-likeness (QED) is 0.881. The molecule has 0 saturated carbocycles. The van der Waals surface area contributed by atoms with E-state index in [1.54, 1.807) is 24.3 Å². The van der Waals surface area contributed by atoms with Crippen molar-refractivity contribution in [2.45, 2.75) is 26.3 Å². The maximum Gasteiger partial charge on any atom is 0.329 e. The molecule has 1 atom stereocenters. The van der Waals surface area contributed by atoms with Crippen molar-refractivity contribution in [2.24, 2.45) is 0 Å². The predicted octanol–water partition coefficient (Wildman–Crippen LogP) is 3.42. The molecule has 1 heterocycles. The lowest BCUT2D eigenvalue weighted by molar-refractivity contribution is -0.144. The fourth-order valence-electron chi connectivity index (χ4n) is 2.49. The van der Waals surface area contributed by atoms with Crippen LogP contribution in [-0.4, -0.2) is 22.8 Å². The van der Waals surface area contributed by atoms with Crippen LogP contribution in [0, 0.1) is 13.8 Å². The summed E-state index contributed by atoms with van der Waals surface area (Å²) in [5.74, 6) is -0.119. The molecule has 2 aromatic rings. The van der Waals surface area contributed by atoms with Crippen molar-refractivity contribution in [1.29, 1.82) is 0 Å². The molecule has 0 aliphatic heterocycles. The van der Waals surface area contributed by atoms with Gasteiger partial charge in [-0.15, -0.1) is 0 Å². The summed E-state index contributed by atoms with van der Waals surface area (Å²) in [5.41, 5.74) is 2.68. The Labute approximate surface area is 128 Å². The van der Waals surface area contributed by atoms with E-state index in [0.29, 0.717) is 11.4 Å². The molecule has 112 valence electrons. The lowest BCUT2D eigenvalue weighted by atomic mass is 10.1. The van der Waals surface area contributed by atoms with Gasteiger partial charge >= 0.3 is 5.97 Å². The Kier molecular flexibility index (Phi) is 4.58. The molecule has 0 radical (unpaired) electrons. The van der Waals surface area contributed by atoms with Crippen LogP contribution in [0.1, 0.15) is 23.0 Å². The number of aromatic nitrogens is 1. The highest BCUT2D eigenvalue weighted by Crippen LogP contribution is 2.27. The number of nitrogens with zero attached hydrogens (tertiary/aromatic N) is 1. The van der Waals surface area contributed by atoms with E-state index in [1.807, 2.05) is 24.5 Å². The molecule has 0 fully saturated rings. The van der Waals surface area contributed by atoms with Crippen molar-refractivity contribution >= 4 is 17.6 Å². The molecule has 0 unspecified atom stereocenters. The topological polar surface area (TPSA) is 51.5 Å². The summed E-state index contributed by atoms with van der Waals surface area (Å²) in [6.45, 7) is 3.79. The summed E-state index contributed by atoms with van der Waals surface area (Å²) in [6.07, 6.45) is 0.472. The van der Waals surface area contributed by atoms with Crippen LogP contribution in [0.15, 0.2) is 30.3 Å². The minimum absolute atomic E-state index is 0.199. The van der Waals surface area contributed by atoms with Gasteiger partial charge in [-0.1, -0.05) is 23.7 Å². The first-order valence-electron chi connectivity index (χ1n) is 6.63. The van der Waals surface area contributed by atoms with E-state index in [0.717, 1.165) is 17.0 Å². The average Bonchev–Trinajstić information content (AvgIpc) is 2.71. The number of phenols is 1. The first-order valence-corrected chi connectivity index (χ1v) is 7.01. The first kappa shape index (κ1) is 15.4. The number of hydrogen-bond acceptors (Lipinski definition) is 3. The molecule has 5 heteroatoms. The van der Waals surface area contributed by atoms with Crippen molar-refractivity contribution in [3.8, 4) is 5.75 Å². The second-order valence-corrected chi connectivity index (χ2v) is 5.41. The minimum Gasteiger partial charge on any atom is -0.508 e. The third-order valence-corrected chi connectivity index (χ3v) is 3.96. The Morgan fingerprint density at radius 3 is 2.43 bits per heavy atom. The van der Waals surface area contributed by atoms with Crippen LogP contribution in [0.3, 0.4) is 0 Å². The number of carbonyl (C=O) groups excluding carboxylic acids is 1. The highest BCUT2D eigenvalue weighted by molar-refractivity contribution is 6.31. The Morgan fingerprint density at radius 1 is 1.33 bits per heavy atom. The van der Waals surface area contributed by atoms with Gasteiger partial charge in [-0.25, -0.2) is 4.79 Å². The molecule has 1 aromatic carbocycles. The maximum atomic E-state index is 12.2. The zero-order chi connectivity index (χ0) is 15.6. The van der Waals surface area contributed by atoms with Gasteiger partial charge in [0.25, 0.3) is 0 Å². The minimum atomic E-state index is -0.480. The zero-order valence-corrected chi connectivity index (χ0v) is 13.0. The summed E-state index contributed by atoms with van der Waals surface area (Å²) in [7, 11) is 1.38. The Bertz CT molecular complexity index is 646. The van der Waals surface area contributed by atoms with Crippen LogP contribution in [0.2, 0.25) is 5.02 Å². The van der Waals surface area contributed by atoms with Crippen LogP contribution in [0.4, 0.5) is 0 Å². The lowest BCUT2D eigenvalue weighted by Gasteiger charge is -2.20. The molecule has 4 nitrogen and oxygen atoms in total. The van der Waals surface area contributed by atoms with E-state index < -0.39 is 6.04 Å². The zero-order valence-electron chi connectivity index (χ0n) is 12.3. The molecule has 1 N–H and O–H groups in total. The van der Waals surface area contributed by atoms with Gasteiger partial charge in [0.2, 0.25) is 0 Å². The van der Waals surface area contributed by atoms with E-state index in [1.165, 1.54) is 7.11 Å². The molecule has 21 heavy (non-hydrogen) atoms. The fourth-order valence-corrected chi connectivity index (χ4v) is 2.74. The van der Waals surface area contributed by atoms with E-state index in [4.69, 9.17) is 16.3 Å². The van der Waals surface area contributed by atoms with Crippen molar-refractivity contribution in [3.05, 3.63) is 52.3 Å². The van der Waals surface area contributed by atoms with Crippen molar-refractivity contribution in [3.63, 3.8) is 0 Å². The number of phenolic OH excluding ortho intramolecular Hbond substituents is 1. The van der Waals surface area contributed by atoms with Gasteiger partial charge in [0.1, 0.15) is 11.8 Å². The van der Waals surface area contributed by atoms with Gasteiger partial charge in [-0.2, -0.15) is 0 Å². The number of aromatic hydroxyl groups is 1. The van der Waals surface area contributed by atoms with Crippen LogP contribution in [0.5, 0.6) is 5.75 Å². The van der Waals surface area contributed by atoms with Gasteiger partial charge in [0.15, 0.2) is 0 Å². The van der Waals surface area contributed by atoms with Crippen LogP contribution in [0.25, 0.3) is 0 Å². The molecule has 0 aliphatic rings. The van der Waals surface area contributed by atoms with Crippen molar-refractivity contribution in [2.75, 3.05) is 7.11 Å². The molecule has 0 saturated heterocycles. The third kappa shape index (κ3) is 3.22.